The van der Waals surface area contributed by atoms with Crippen LogP contribution in [0.25, 0.3) is 87.5 Å². The lowest BCUT2D eigenvalue weighted by molar-refractivity contribution is 1.26. The molecule has 0 saturated heterocycles. The molecule has 8 aromatic carbocycles. The summed E-state index contributed by atoms with van der Waals surface area (Å²) in [5.41, 5.74) is 18.3. The molecule has 6 aromatic heterocycles. The van der Waals surface area contributed by atoms with Crippen molar-refractivity contribution < 1.29 is 0 Å². The lowest BCUT2D eigenvalue weighted by atomic mass is 10.1. The van der Waals surface area contributed by atoms with E-state index in [2.05, 4.69) is 176 Å². The fourth-order valence-electron chi connectivity index (χ4n) is 8.50. The zero-order chi connectivity index (χ0) is 65.8. The lowest BCUT2D eigenvalue weighted by Gasteiger charge is -1.96. The van der Waals surface area contributed by atoms with Gasteiger partial charge in [-0.25, -0.2) is 0 Å². The van der Waals surface area contributed by atoms with Crippen molar-refractivity contribution in [1.29, 1.82) is 0 Å². The van der Waals surface area contributed by atoms with Gasteiger partial charge >= 0.3 is 0 Å². The minimum absolute atomic E-state index is 0.957. The summed E-state index contributed by atoms with van der Waals surface area (Å²) in [5.74, 6) is 0. The van der Waals surface area contributed by atoms with Crippen LogP contribution in [0, 0.1) is 41.5 Å². The van der Waals surface area contributed by atoms with Gasteiger partial charge in [0.15, 0.2) is 0 Å². The van der Waals surface area contributed by atoms with Crippen molar-refractivity contribution in [3.63, 3.8) is 0 Å². The Hall–Kier alpha value is -9.14. The molecule has 0 saturated carbocycles. The van der Waals surface area contributed by atoms with Crippen LogP contribution in [0.2, 0.25) is 0 Å². The first-order chi connectivity index (χ1) is 43.1. The summed E-state index contributed by atoms with van der Waals surface area (Å²) in [5, 5.41) is 7.67. The smallest absolute Gasteiger partial charge is 0.0915 e. The SMILES string of the molecule is CC.CC.CC.CC.CC.CC.CC.CC.Cc1ccc2[nH]c3ccccc3c2c1.Cc1ccc2c(c1)[nH]c1ccccc12.Cc1ccc2ccccc2n1.Cc1ccc2ncccc2c1.Cc1ccc2nccnc2c1.Cc1cccc2nccnc12. The standard InChI is InChI=1S/2C13H11N.2C10H9N.2C9H8N2.8C2H6/c1-9-6-7-13-11(8-9)10-4-2-3-5-12(10)14-13;1-9-6-7-11-10-4-2-3-5-12(10)14-13(11)8-9;1-8-4-5-10-9(7-8)3-2-6-11-10;1-8-6-7-9-4-2-3-5-10(9)11-8;1-7-2-3-8-9(6-7)11-5-4-10-8;1-7-3-2-4-8-9(7)11-6-5-10-8;8*1-2/h2*2-8,14H,1H3;2*2-7H,1H3;2*2-6H,1H3;8*1-2H3. The third kappa shape index (κ3) is 24.0. The molecule has 14 rings (SSSR count). The number of nitrogens with zero attached hydrogens (tertiary/aromatic N) is 6. The number of nitrogens with one attached hydrogen (secondary N) is 2. The topological polar surface area (TPSA) is 109 Å². The highest BCUT2D eigenvalue weighted by Gasteiger charge is 2.04. The van der Waals surface area contributed by atoms with Crippen LogP contribution in [0.3, 0.4) is 0 Å². The third-order valence-electron chi connectivity index (χ3n) is 12.1. The predicted molar refractivity (Wildman–Crippen MR) is 393 cm³/mol. The molecule has 6 heterocycles. The van der Waals surface area contributed by atoms with E-state index in [1.165, 1.54) is 82.2 Å². The first kappa shape index (κ1) is 76.9. The molecule has 88 heavy (non-hydrogen) atoms. The molecule has 0 spiro atoms. The third-order valence-corrected chi connectivity index (χ3v) is 12.1. The molecule has 8 nitrogen and oxygen atoms in total. The van der Waals surface area contributed by atoms with E-state index < -0.39 is 0 Å². The minimum atomic E-state index is 0.957. The maximum atomic E-state index is 4.38. The van der Waals surface area contributed by atoms with Gasteiger partial charge in [0.2, 0.25) is 0 Å². The number of hydrogen-bond acceptors (Lipinski definition) is 6. The van der Waals surface area contributed by atoms with Crippen LogP contribution in [0.5, 0.6) is 0 Å². The quantitative estimate of drug-likeness (QED) is 0.157. The summed E-state index contributed by atoms with van der Waals surface area (Å²) >= 11 is 0. The number of aryl methyl sites for hydroxylation is 6. The fourth-order valence-corrected chi connectivity index (χ4v) is 8.50. The Morgan fingerprint density at radius 2 is 0.693 bits per heavy atom. The monoisotopic (exact) mass is 1180 g/mol. The molecule has 14 aromatic rings. The van der Waals surface area contributed by atoms with Crippen LogP contribution in [0.1, 0.15) is 144 Å². The first-order valence-corrected chi connectivity index (χ1v) is 32.1. The van der Waals surface area contributed by atoms with E-state index in [9.17, 15) is 0 Å². The van der Waals surface area contributed by atoms with E-state index in [1.54, 1.807) is 24.8 Å². The summed E-state index contributed by atoms with van der Waals surface area (Å²) in [6, 6.07) is 64.5. The van der Waals surface area contributed by atoms with Crippen LogP contribution >= 0.6 is 0 Å². The number of benzene rings is 8. The van der Waals surface area contributed by atoms with Crippen molar-refractivity contribution in [2.45, 2.75) is 152 Å². The van der Waals surface area contributed by atoms with Crippen molar-refractivity contribution in [1.82, 2.24) is 39.9 Å². The van der Waals surface area contributed by atoms with E-state index in [4.69, 9.17) is 0 Å². The van der Waals surface area contributed by atoms with Gasteiger partial charge in [-0.3, -0.25) is 29.9 Å². The van der Waals surface area contributed by atoms with Gasteiger partial charge in [0.1, 0.15) is 0 Å². The van der Waals surface area contributed by atoms with Gasteiger partial charge < -0.3 is 9.97 Å². The largest absolute Gasteiger partial charge is 0.355 e. The average molecular weight is 1180 g/mol. The molecule has 0 atom stereocenters. The van der Waals surface area contributed by atoms with Gasteiger partial charge in [-0.05, 0) is 137 Å². The number of aromatic nitrogens is 8. The molecule has 0 bridgehead atoms. The molecule has 0 fully saturated rings. The molecule has 8 heteroatoms. The normalized spacial score (nSPS) is 9.25. The van der Waals surface area contributed by atoms with Gasteiger partial charge in [-0.2, -0.15) is 0 Å². The highest BCUT2D eigenvalue weighted by molar-refractivity contribution is 6.08. The minimum Gasteiger partial charge on any atom is -0.355 e. The Labute approximate surface area is 529 Å². The summed E-state index contributed by atoms with van der Waals surface area (Å²) in [4.78, 5) is 32.2. The number of pyridine rings is 2. The second-order valence-electron chi connectivity index (χ2n) is 17.8. The highest BCUT2D eigenvalue weighted by Crippen LogP contribution is 2.27. The van der Waals surface area contributed by atoms with Crippen molar-refractivity contribution in [3.8, 4) is 0 Å². The maximum Gasteiger partial charge on any atom is 0.0915 e. The van der Waals surface area contributed by atoms with Crippen LogP contribution in [-0.2, 0) is 0 Å². The van der Waals surface area contributed by atoms with Crippen LogP contribution < -0.4 is 0 Å². The molecule has 0 aliphatic rings. The Morgan fingerprint density at radius 1 is 0.250 bits per heavy atom. The molecule has 464 valence electrons. The molecular formula is C80H104N8. The van der Waals surface area contributed by atoms with E-state index >= 15 is 0 Å². The Kier molecular flexibility index (Phi) is 39.5. The number of aromatic amines is 2. The van der Waals surface area contributed by atoms with Gasteiger partial charge in [0, 0.05) is 91.1 Å². The van der Waals surface area contributed by atoms with Crippen LogP contribution in [0.15, 0.2) is 219 Å². The van der Waals surface area contributed by atoms with Crippen molar-refractivity contribution in [3.05, 3.63) is 253 Å². The molecular weight excluding hydrogens is 1070 g/mol. The molecule has 0 unspecified atom stereocenters. The molecule has 0 aliphatic heterocycles. The second kappa shape index (κ2) is 45.2. The Bertz CT molecular complexity index is 3890. The average Bonchev–Trinajstić information content (AvgIpc) is 4.37. The van der Waals surface area contributed by atoms with E-state index in [-0.39, 0.29) is 0 Å². The summed E-state index contributed by atoms with van der Waals surface area (Å²) in [7, 11) is 0. The van der Waals surface area contributed by atoms with Crippen molar-refractivity contribution in [2.75, 3.05) is 0 Å². The molecule has 0 amide bonds. The fraction of sp³-hybridized carbons (Fsp3) is 0.275. The Balaban J connectivity index is 0.000000505. The maximum absolute atomic E-state index is 4.38. The van der Waals surface area contributed by atoms with Crippen LogP contribution in [0.4, 0.5) is 0 Å². The molecule has 0 aliphatic carbocycles. The number of fused-ring (bicyclic) bond motifs is 10. The predicted octanol–water partition coefficient (Wildman–Crippen LogP) is 24.4. The van der Waals surface area contributed by atoms with Gasteiger partial charge in [-0.15, -0.1) is 0 Å². The lowest BCUT2D eigenvalue weighted by Crippen LogP contribution is -1.83. The van der Waals surface area contributed by atoms with Crippen molar-refractivity contribution >= 4 is 87.5 Å². The van der Waals surface area contributed by atoms with Gasteiger partial charge in [-0.1, -0.05) is 231 Å². The Morgan fingerprint density at radius 3 is 1.34 bits per heavy atom. The molecule has 2 N–H and O–H groups in total. The van der Waals surface area contributed by atoms with Crippen LogP contribution in [-0.4, -0.2) is 39.9 Å². The summed E-state index contributed by atoms with van der Waals surface area (Å²) in [6.07, 6.45) is 8.66. The summed E-state index contributed by atoms with van der Waals surface area (Å²) < 4.78 is 0. The van der Waals surface area contributed by atoms with E-state index in [1.807, 2.05) is 211 Å². The first-order valence-electron chi connectivity index (χ1n) is 32.1. The zero-order valence-corrected chi connectivity index (χ0v) is 57.5. The van der Waals surface area contributed by atoms with E-state index in [0.29, 0.717) is 0 Å². The van der Waals surface area contributed by atoms with Crippen molar-refractivity contribution in [2.24, 2.45) is 0 Å². The number of rotatable bonds is 0. The van der Waals surface area contributed by atoms with Gasteiger partial charge in [0.25, 0.3) is 0 Å². The number of H-pyrrole nitrogens is 2. The van der Waals surface area contributed by atoms with Gasteiger partial charge in [0.05, 0.1) is 33.1 Å². The molecule has 0 radical (unpaired) electrons. The zero-order valence-electron chi connectivity index (χ0n) is 57.5. The number of para-hydroxylation sites is 4. The van der Waals surface area contributed by atoms with E-state index in [0.717, 1.165) is 38.8 Å². The highest BCUT2D eigenvalue weighted by atomic mass is 14.8. The summed E-state index contributed by atoms with van der Waals surface area (Å²) in [6.45, 7) is 44.4. The second-order valence-corrected chi connectivity index (χ2v) is 17.8. The number of hydrogen-bond donors (Lipinski definition) is 2.